The molecule has 1 aromatic rings. The number of hydrogen-bond acceptors (Lipinski definition) is 2. The van der Waals surface area contributed by atoms with E-state index in [0.717, 1.165) is 23.0 Å². The molecule has 86 valence electrons. The summed E-state index contributed by atoms with van der Waals surface area (Å²) in [7, 11) is 0. The van der Waals surface area contributed by atoms with Crippen LogP contribution in [-0.4, -0.2) is 11.4 Å². The lowest BCUT2D eigenvalue weighted by Gasteiger charge is -2.23. The van der Waals surface area contributed by atoms with Crippen LogP contribution in [0.4, 0.5) is 5.69 Å². The molecule has 3 nitrogen and oxygen atoms in total. The van der Waals surface area contributed by atoms with Gasteiger partial charge in [0, 0.05) is 10.2 Å². The zero-order valence-corrected chi connectivity index (χ0v) is 10.8. The van der Waals surface area contributed by atoms with Gasteiger partial charge in [0.25, 0.3) is 0 Å². The van der Waals surface area contributed by atoms with Gasteiger partial charge in [-0.25, -0.2) is 0 Å². The number of benzene rings is 1. The predicted molar refractivity (Wildman–Crippen MR) is 68.1 cm³/mol. The van der Waals surface area contributed by atoms with Gasteiger partial charge in [-0.15, -0.1) is 0 Å². The van der Waals surface area contributed by atoms with Gasteiger partial charge in [0.2, 0.25) is 5.91 Å². The van der Waals surface area contributed by atoms with Gasteiger partial charge in [-0.3, -0.25) is 4.79 Å². The molecular formula is C12H15BrN2O. The summed E-state index contributed by atoms with van der Waals surface area (Å²) in [5.41, 5.74) is 6.05. The van der Waals surface area contributed by atoms with Crippen LogP contribution in [0.5, 0.6) is 0 Å². The van der Waals surface area contributed by atoms with Crippen LogP contribution in [-0.2, 0) is 4.79 Å². The number of hydrogen-bond donors (Lipinski definition) is 2. The fourth-order valence-corrected chi connectivity index (χ4v) is 2.10. The Morgan fingerprint density at radius 3 is 2.81 bits per heavy atom. The molecule has 0 spiro atoms. The van der Waals surface area contributed by atoms with Gasteiger partial charge in [-0.05, 0) is 43.9 Å². The highest BCUT2D eigenvalue weighted by molar-refractivity contribution is 9.10. The van der Waals surface area contributed by atoms with E-state index in [0.29, 0.717) is 5.92 Å². The van der Waals surface area contributed by atoms with Gasteiger partial charge in [0.1, 0.15) is 0 Å². The molecule has 4 heteroatoms. The van der Waals surface area contributed by atoms with Crippen molar-refractivity contribution in [2.75, 3.05) is 5.32 Å². The summed E-state index contributed by atoms with van der Waals surface area (Å²) in [6, 6.07) is 7.51. The summed E-state index contributed by atoms with van der Waals surface area (Å²) >= 11 is 3.36. The number of carbonyl (C=O) groups is 1. The van der Waals surface area contributed by atoms with Crippen molar-refractivity contribution in [3.8, 4) is 0 Å². The van der Waals surface area contributed by atoms with Crippen LogP contribution in [0.15, 0.2) is 28.7 Å². The number of rotatable bonds is 3. The number of carbonyl (C=O) groups excluding carboxylic acids is 1. The predicted octanol–water partition coefficient (Wildman–Crippen LogP) is 2.52. The van der Waals surface area contributed by atoms with E-state index in [9.17, 15) is 4.79 Å². The van der Waals surface area contributed by atoms with Crippen LogP contribution in [0, 0.1) is 5.92 Å². The summed E-state index contributed by atoms with van der Waals surface area (Å²) in [6.45, 7) is 1.80. The number of anilines is 1. The standard InChI is InChI=1S/C12H15BrN2O/c1-12(14,8-5-6-8)11(16)15-10-4-2-3-9(13)7-10/h2-4,7-8H,5-6,14H2,1H3,(H,15,16). The van der Waals surface area contributed by atoms with Crippen molar-refractivity contribution in [3.63, 3.8) is 0 Å². The fraction of sp³-hybridized carbons (Fsp3) is 0.417. The van der Waals surface area contributed by atoms with Crippen LogP contribution in [0.2, 0.25) is 0 Å². The van der Waals surface area contributed by atoms with Crippen molar-refractivity contribution >= 4 is 27.5 Å². The normalized spacial score (nSPS) is 18.9. The van der Waals surface area contributed by atoms with Gasteiger partial charge in [-0.1, -0.05) is 22.0 Å². The highest BCUT2D eigenvalue weighted by Crippen LogP contribution is 2.38. The minimum absolute atomic E-state index is 0.104. The average molecular weight is 283 g/mol. The van der Waals surface area contributed by atoms with Crippen LogP contribution < -0.4 is 11.1 Å². The van der Waals surface area contributed by atoms with Gasteiger partial charge in [0.15, 0.2) is 0 Å². The highest BCUT2D eigenvalue weighted by Gasteiger charge is 2.44. The zero-order valence-electron chi connectivity index (χ0n) is 9.16. The zero-order chi connectivity index (χ0) is 11.8. The van der Waals surface area contributed by atoms with E-state index in [1.54, 1.807) is 6.92 Å². The third-order valence-corrected chi connectivity index (χ3v) is 3.49. The number of nitrogens with two attached hydrogens (primary N) is 1. The van der Waals surface area contributed by atoms with E-state index in [2.05, 4.69) is 21.2 Å². The minimum Gasteiger partial charge on any atom is -0.324 e. The highest BCUT2D eigenvalue weighted by atomic mass is 79.9. The second-order valence-electron chi connectivity index (χ2n) is 4.52. The Morgan fingerprint density at radius 2 is 2.25 bits per heavy atom. The second-order valence-corrected chi connectivity index (χ2v) is 5.44. The molecule has 1 aliphatic carbocycles. The number of nitrogens with one attached hydrogen (secondary N) is 1. The van der Waals surface area contributed by atoms with Crippen molar-refractivity contribution < 1.29 is 4.79 Å². The quantitative estimate of drug-likeness (QED) is 0.895. The SMILES string of the molecule is CC(N)(C(=O)Nc1cccc(Br)c1)C1CC1. The van der Waals surface area contributed by atoms with E-state index in [-0.39, 0.29) is 5.91 Å². The lowest BCUT2D eigenvalue weighted by atomic mass is 9.96. The molecule has 1 atom stereocenters. The Balaban J connectivity index is 2.07. The van der Waals surface area contributed by atoms with Crippen LogP contribution >= 0.6 is 15.9 Å². The van der Waals surface area contributed by atoms with Crippen LogP contribution in [0.3, 0.4) is 0 Å². The Morgan fingerprint density at radius 1 is 1.56 bits per heavy atom. The lowest BCUT2D eigenvalue weighted by Crippen LogP contribution is -2.50. The van der Waals surface area contributed by atoms with Crippen molar-refractivity contribution in [1.29, 1.82) is 0 Å². The Hall–Kier alpha value is -0.870. The van der Waals surface area contributed by atoms with Crippen LogP contribution in [0.1, 0.15) is 19.8 Å². The molecule has 0 heterocycles. The Bertz CT molecular complexity index is 413. The Kier molecular flexibility index (Phi) is 3.04. The molecule has 1 fully saturated rings. The van der Waals surface area contributed by atoms with E-state index in [1.807, 2.05) is 24.3 Å². The first-order chi connectivity index (χ1) is 7.50. The molecule has 2 rings (SSSR count). The molecule has 0 bridgehead atoms. The molecular weight excluding hydrogens is 268 g/mol. The van der Waals surface area contributed by atoms with Crippen molar-refractivity contribution in [2.24, 2.45) is 11.7 Å². The smallest absolute Gasteiger partial charge is 0.244 e. The van der Waals surface area contributed by atoms with E-state index >= 15 is 0 Å². The summed E-state index contributed by atoms with van der Waals surface area (Å²) in [5.74, 6) is 0.229. The maximum absolute atomic E-state index is 12.0. The summed E-state index contributed by atoms with van der Waals surface area (Å²) in [4.78, 5) is 12.0. The molecule has 1 aliphatic rings. The maximum atomic E-state index is 12.0. The van der Waals surface area contributed by atoms with Gasteiger partial charge in [0.05, 0.1) is 5.54 Å². The van der Waals surface area contributed by atoms with Crippen molar-refractivity contribution in [3.05, 3.63) is 28.7 Å². The Labute approximate surface area is 104 Å². The maximum Gasteiger partial charge on any atom is 0.244 e. The summed E-state index contributed by atoms with van der Waals surface area (Å²) in [5, 5.41) is 2.85. The first-order valence-electron chi connectivity index (χ1n) is 5.36. The number of halogens is 1. The second kappa shape index (κ2) is 4.18. The lowest BCUT2D eigenvalue weighted by molar-refractivity contribution is -0.121. The van der Waals surface area contributed by atoms with E-state index < -0.39 is 5.54 Å². The molecule has 0 saturated heterocycles. The summed E-state index contributed by atoms with van der Waals surface area (Å²) < 4.78 is 0.940. The molecule has 0 aliphatic heterocycles. The van der Waals surface area contributed by atoms with Gasteiger partial charge in [-0.2, -0.15) is 0 Å². The third-order valence-electron chi connectivity index (χ3n) is 3.00. The minimum atomic E-state index is -0.748. The van der Waals surface area contributed by atoms with Crippen molar-refractivity contribution in [1.82, 2.24) is 0 Å². The molecule has 3 N–H and O–H groups in total. The van der Waals surface area contributed by atoms with Gasteiger partial charge < -0.3 is 11.1 Å². The molecule has 16 heavy (non-hydrogen) atoms. The van der Waals surface area contributed by atoms with Gasteiger partial charge >= 0.3 is 0 Å². The van der Waals surface area contributed by atoms with E-state index in [1.165, 1.54) is 0 Å². The molecule has 0 aromatic heterocycles. The topological polar surface area (TPSA) is 55.1 Å². The van der Waals surface area contributed by atoms with E-state index in [4.69, 9.17) is 5.73 Å². The van der Waals surface area contributed by atoms with Crippen LogP contribution in [0.25, 0.3) is 0 Å². The molecule has 1 amide bonds. The third kappa shape index (κ3) is 2.44. The largest absolute Gasteiger partial charge is 0.324 e. The average Bonchev–Trinajstić information content (AvgIpc) is 3.00. The molecule has 0 radical (unpaired) electrons. The molecule has 1 unspecified atom stereocenters. The fourth-order valence-electron chi connectivity index (χ4n) is 1.70. The van der Waals surface area contributed by atoms with Crippen molar-refractivity contribution in [2.45, 2.75) is 25.3 Å². The molecule has 1 saturated carbocycles. The first kappa shape index (κ1) is 11.6. The summed E-state index contributed by atoms with van der Waals surface area (Å²) in [6.07, 6.45) is 2.11. The number of amides is 1. The monoisotopic (exact) mass is 282 g/mol. The molecule has 1 aromatic carbocycles. The first-order valence-corrected chi connectivity index (χ1v) is 6.15.